The molecule has 2 amide bonds. The number of carbonyl (C=O) groups excluding carboxylic acids is 2. The van der Waals surface area contributed by atoms with E-state index < -0.39 is 0 Å². The summed E-state index contributed by atoms with van der Waals surface area (Å²) >= 11 is 0. The van der Waals surface area contributed by atoms with Gasteiger partial charge in [-0.15, -0.1) is 0 Å². The molecule has 23 heavy (non-hydrogen) atoms. The normalized spacial score (nSPS) is 31.9. The lowest BCUT2D eigenvalue weighted by molar-refractivity contribution is -0.119. The summed E-state index contributed by atoms with van der Waals surface area (Å²) < 4.78 is 0. The van der Waals surface area contributed by atoms with Gasteiger partial charge in [0.05, 0.1) is 12.3 Å². The van der Waals surface area contributed by atoms with E-state index in [1.165, 1.54) is 0 Å². The molecule has 3 atom stereocenters. The fourth-order valence-corrected chi connectivity index (χ4v) is 3.69. The van der Waals surface area contributed by atoms with Gasteiger partial charge in [0.25, 0.3) is 0 Å². The van der Waals surface area contributed by atoms with Gasteiger partial charge in [0.1, 0.15) is 6.17 Å². The largest absolute Gasteiger partial charge is 0.398 e. The molecule has 0 saturated carbocycles. The van der Waals surface area contributed by atoms with Crippen molar-refractivity contribution in [2.45, 2.75) is 44.2 Å². The van der Waals surface area contributed by atoms with E-state index in [0.717, 1.165) is 51.6 Å². The monoisotopic (exact) mass is 320 g/mol. The van der Waals surface area contributed by atoms with Gasteiger partial charge in [-0.3, -0.25) is 19.5 Å². The van der Waals surface area contributed by atoms with Crippen molar-refractivity contribution in [2.24, 2.45) is 5.73 Å². The smallest absolute Gasteiger partial charge is 0.208 e. The second-order valence-electron chi connectivity index (χ2n) is 6.07. The maximum Gasteiger partial charge on any atom is 0.208 e. The zero-order valence-electron chi connectivity index (χ0n) is 13.1. The first-order valence-corrected chi connectivity index (χ1v) is 8.10. The average Bonchev–Trinajstić information content (AvgIpc) is 3.17. The maximum atomic E-state index is 10.9. The number of hydrogen-bond acceptors (Lipinski definition) is 6. The Morgan fingerprint density at radius 2 is 1.78 bits per heavy atom. The highest BCUT2D eigenvalue weighted by atomic mass is 16.1. The van der Waals surface area contributed by atoms with Crippen molar-refractivity contribution in [1.29, 1.82) is 0 Å². The lowest BCUT2D eigenvalue weighted by Crippen LogP contribution is -2.60. The Bertz CT molecular complexity index is 508. The number of nitrogens with two attached hydrogens (primary N) is 1. The molecule has 0 aromatic carbocycles. The molecule has 0 bridgehead atoms. The van der Waals surface area contributed by atoms with E-state index in [0.29, 0.717) is 5.70 Å². The molecule has 2 fully saturated rings. The van der Waals surface area contributed by atoms with Gasteiger partial charge < -0.3 is 16.4 Å². The second-order valence-corrected chi connectivity index (χ2v) is 6.07. The van der Waals surface area contributed by atoms with Gasteiger partial charge in [-0.2, -0.15) is 5.01 Å². The van der Waals surface area contributed by atoms with Gasteiger partial charge >= 0.3 is 0 Å². The number of nitrogens with zero attached hydrogens (tertiary/aromatic N) is 3. The number of hydrazine groups is 1. The standard InChI is InChI=1S/C15H24N6O2/c16-12-5-6-15(19-7-1-3-13(19)17-10-22)21(9-12)20-8-2-4-14(20)18-11-23/h5-6,9-11,13-15H,1-4,7-8,16H2,(H,17,22)(H,18,23). The summed E-state index contributed by atoms with van der Waals surface area (Å²) in [6, 6.07) is 0. The zero-order valence-corrected chi connectivity index (χ0v) is 13.1. The summed E-state index contributed by atoms with van der Waals surface area (Å²) in [6.07, 6.45) is 11.3. The number of amides is 2. The number of nitrogens with one attached hydrogen (secondary N) is 2. The summed E-state index contributed by atoms with van der Waals surface area (Å²) in [5.41, 5.74) is 6.67. The third-order valence-electron chi connectivity index (χ3n) is 4.69. The highest BCUT2D eigenvalue weighted by Gasteiger charge is 2.38. The Morgan fingerprint density at radius 3 is 2.57 bits per heavy atom. The van der Waals surface area contributed by atoms with Crippen LogP contribution in [0.25, 0.3) is 0 Å². The van der Waals surface area contributed by atoms with Crippen LogP contribution >= 0.6 is 0 Å². The maximum absolute atomic E-state index is 10.9. The Kier molecular flexibility index (Phi) is 4.82. The molecule has 0 aromatic heterocycles. The predicted molar refractivity (Wildman–Crippen MR) is 84.9 cm³/mol. The van der Waals surface area contributed by atoms with Crippen LogP contribution in [0.5, 0.6) is 0 Å². The molecule has 4 N–H and O–H groups in total. The van der Waals surface area contributed by atoms with Crippen LogP contribution in [0.15, 0.2) is 24.0 Å². The van der Waals surface area contributed by atoms with E-state index in [1.54, 1.807) is 0 Å². The highest BCUT2D eigenvalue weighted by molar-refractivity contribution is 5.47. The zero-order chi connectivity index (χ0) is 16.2. The van der Waals surface area contributed by atoms with Gasteiger partial charge in [0, 0.05) is 25.0 Å². The average molecular weight is 320 g/mol. The van der Waals surface area contributed by atoms with Crippen molar-refractivity contribution in [3.05, 3.63) is 24.0 Å². The summed E-state index contributed by atoms with van der Waals surface area (Å²) in [4.78, 5) is 24.0. The van der Waals surface area contributed by atoms with Gasteiger partial charge in [-0.25, -0.2) is 0 Å². The molecule has 8 nitrogen and oxygen atoms in total. The van der Waals surface area contributed by atoms with Gasteiger partial charge in [-0.1, -0.05) is 0 Å². The quantitative estimate of drug-likeness (QED) is 0.557. The Morgan fingerprint density at radius 1 is 1.09 bits per heavy atom. The molecular weight excluding hydrogens is 296 g/mol. The Hall–Kier alpha value is -2.06. The Balaban J connectivity index is 1.81. The molecule has 0 spiro atoms. The second kappa shape index (κ2) is 7.01. The van der Waals surface area contributed by atoms with Gasteiger partial charge in [0.2, 0.25) is 12.8 Å². The van der Waals surface area contributed by atoms with Crippen LogP contribution in [0.1, 0.15) is 25.7 Å². The first-order chi connectivity index (χ1) is 11.2. The van der Waals surface area contributed by atoms with Crippen molar-refractivity contribution in [3.63, 3.8) is 0 Å². The van der Waals surface area contributed by atoms with Gasteiger partial charge in [-0.05, 0) is 37.8 Å². The minimum atomic E-state index is -0.0226. The highest BCUT2D eigenvalue weighted by Crippen LogP contribution is 2.28. The number of hydrogen-bond donors (Lipinski definition) is 3. The van der Waals surface area contributed by atoms with E-state index in [4.69, 9.17) is 5.73 Å². The van der Waals surface area contributed by atoms with E-state index in [1.807, 2.05) is 12.3 Å². The van der Waals surface area contributed by atoms with Crippen LogP contribution in [0.3, 0.4) is 0 Å². The van der Waals surface area contributed by atoms with Crippen LogP contribution in [0.2, 0.25) is 0 Å². The SMILES string of the molecule is NC1=CN(N2CCCC2NC=O)C(N2CCCC2NC=O)C=C1. The first kappa shape index (κ1) is 15.8. The number of rotatable bonds is 6. The number of likely N-dealkylation sites (tertiary alicyclic amines) is 1. The van der Waals surface area contributed by atoms with Gasteiger partial charge in [0.15, 0.2) is 0 Å². The third-order valence-corrected chi connectivity index (χ3v) is 4.69. The minimum absolute atomic E-state index is 0.0173. The number of allylic oxidation sites excluding steroid dienone is 1. The predicted octanol–water partition coefficient (Wildman–Crippen LogP) is -0.765. The molecule has 2 saturated heterocycles. The molecule has 0 aromatic rings. The lowest BCUT2D eigenvalue weighted by Gasteiger charge is -2.45. The summed E-state index contributed by atoms with van der Waals surface area (Å²) in [7, 11) is 0. The molecule has 3 heterocycles. The van der Waals surface area contributed by atoms with E-state index >= 15 is 0 Å². The molecule has 3 aliphatic heterocycles. The third kappa shape index (κ3) is 3.18. The summed E-state index contributed by atoms with van der Waals surface area (Å²) in [6.45, 7) is 1.77. The van der Waals surface area contributed by atoms with Crippen molar-refractivity contribution in [3.8, 4) is 0 Å². The summed E-state index contributed by atoms with van der Waals surface area (Å²) in [5.74, 6) is 0. The number of carbonyl (C=O) groups is 2. The lowest BCUT2D eigenvalue weighted by atomic mass is 10.2. The summed E-state index contributed by atoms with van der Waals surface area (Å²) in [5, 5.41) is 10.0. The van der Waals surface area contributed by atoms with E-state index in [-0.39, 0.29) is 18.5 Å². The molecule has 3 rings (SSSR count). The fraction of sp³-hybridized carbons (Fsp3) is 0.600. The van der Waals surface area contributed by atoms with Crippen LogP contribution < -0.4 is 16.4 Å². The molecule has 8 heteroatoms. The van der Waals surface area contributed by atoms with Crippen LogP contribution in [0.4, 0.5) is 0 Å². The molecule has 0 radical (unpaired) electrons. The first-order valence-electron chi connectivity index (χ1n) is 8.10. The Labute approximate surface area is 135 Å². The van der Waals surface area contributed by atoms with Crippen molar-refractivity contribution >= 4 is 12.8 Å². The van der Waals surface area contributed by atoms with Crippen molar-refractivity contribution < 1.29 is 9.59 Å². The molecule has 0 aliphatic carbocycles. The van der Waals surface area contributed by atoms with Crippen molar-refractivity contribution in [1.82, 2.24) is 25.6 Å². The van der Waals surface area contributed by atoms with Crippen molar-refractivity contribution in [2.75, 3.05) is 13.1 Å². The van der Waals surface area contributed by atoms with Crippen LogP contribution in [-0.2, 0) is 9.59 Å². The topological polar surface area (TPSA) is 93.9 Å². The van der Waals surface area contributed by atoms with E-state index in [2.05, 4.69) is 31.6 Å². The molecule has 126 valence electrons. The van der Waals surface area contributed by atoms with Crippen LogP contribution in [-0.4, -0.2) is 59.3 Å². The molecule has 3 unspecified atom stereocenters. The molecular formula is C15H24N6O2. The fourth-order valence-electron chi connectivity index (χ4n) is 3.69. The minimum Gasteiger partial charge on any atom is -0.398 e. The molecule has 3 aliphatic rings. The van der Waals surface area contributed by atoms with E-state index in [9.17, 15) is 9.59 Å². The van der Waals surface area contributed by atoms with Crippen LogP contribution in [0, 0.1) is 0 Å².